The minimum Gasteiger partial charge on any atom is -0.433 e. The lowest BCUT2D eigenvalue weighted by atomic mass is 10.3. The van der Waals surface area contributed by atoms with Gasteiger partial charge in [-0.25, -0.2) is 4.79 Å². The fourth-order valence-electron chi connectivity index (χ4n) is 0.898. The van der Waals surface area contributed by atoms with Gasteiger partial charge in [0.15, 0.2) is 0 Å². The number of hydrogen-bond donors (Lipinski definition) is 1. The van der Waals surface area contributed by atoms with Crippen LogP contribution in [0, 0.1) is 0 Å². The van der Waals surface area contributed by atoms with Crippen LogP contribution in [-0.2, 0) is 9.57 Å². The minimum absolute atomic E-state index is 0.303. The topological polar surface area (TPSA) is 55.8 Å². The van der Waals surface area contributed by atoms with Crippen LogP contribution in [0.4, 0.5) is 9.59 Å². The summed E-state index contributed by atoms with van der Waals surface area (Å²) in [7, 11) is 0. The van der Waals surface area contributed by atoms with E-state index in [1.54, 1.807) is 0 Å². The van der Waals surface area contributed by atoms with Crippen molar-refractivity contribution in [3.8, 4) is 0 Å². The third-order valence-electron chi connectivity index (χ3n) is 1.83. The molecule has 0 heterocycles. The second-order valence-corrected chi connectivity index (χ2v) is 3.66. The van der Waals surface area contributed by atoms with Gasteiger partial charge < -0.3 is 9.57 Å². The van der Waals surface area contributed by atoms with Gasteiger partial charge in [-0.2, -0.15) is 5.06 Å². The molecule has 0 radical (unpaired) electrons. The molecule has 0 saturated carbocycles. The predicted octanol–water partition coefficient (Wildman–Crippen LogP) is 3.01. The minimum atomic E-state index is -0.855. The van der Waals surface area contributed by atoms with Crippen molar-refractivity contribution in [1.29, 1.82) is 0 Å². The number of unbranched alkanes of at least 4 members (excludes halogenated alkanes) is 2. The number of hydroxylamine groups is 2. The van der Waals surface area contributed by atoms with Crippen molar-refractivity contribution in [3.63, 3.8) is 0 Å². The second kappa shape index (κ2) is 9.33. The number of carbonyl (C=O) groups excluding carboxylic acids is 2. The number of ether oxygens (including phenoxy) is 1. The number of thiol groups is 1. The van der Waals surface area contributed by atoms with Crippen LogP contribution in [0.5, 0.6) is 0 Å². The van der Waals surface area contributed by atoms with Crippen LogP contribution in [0.25, 0.3) is 0 Å². The smallest absolute Gasteiger partial charge is 0.433 e. The Kier molecular flexibility index (Phi) is 8.80. The maximum atomic E-state index is 11.1. The van der Waals surface area contributed by atoms with Crippen LogP contribution >= 0.6 is 12.6 Å². The first-order chi connectivity index (χ1) is 7.61. The van der Waals surface area contributed by atoms with Crippen LogP contribution in [0.3, 0.4) is 0 Å². The van der Waals surface area contributed by atoms with Gasteiger partial charge in [0.05, 0.1) is 13.2 Å². The van der Waals surface area contributed by atoms with E-state index in [4.69, 9.17) is 9.57 Å². The van der Waals surface area contributed by atoms with E-state index >= 15 is 0 Å². The summed E-state index contributed by atoms with van der Waals surface area (Å²) in [6, 6.07) is 0. The molecule has 0 atom stereocenters. The molecule has 1 amide bonds. The number of amides is 1. The molecule has 16 heavy (non-hydrogen) atoms. The molecule has 0 fully saturated rings. The average molecular weight is 249 g/mol. The van der Waals surface area contributed by atoms with E-state index in [1.807, 2.05) is 13.8 Å². The van der Waals surface area contributed by atoms with Gasteiger partial charge in [-0.05, 0) is 12.8 Å². The molecule has 0 N–H and O–H groups in total. The zero-order valence-corrected chi connectivity index (χ0v) is 10.7. The van der Waals surface area contributed by atoms with E-state index in [9.17, 15) is 9.59 Å². The fourth-order valence-corrected chi connectivity index (χ4v) is 1.04. The molecule has 0 aromatic heterocycles. The number of nitrogens with zero attached hydrogens (tertiary/aromatic N) is 1. The van der Waals surface area contributed by atoms with E-state index in [2.05, 4.69) is 12.6 Å². The summed E-state index contributed by atoms with van der Waals surface area (Å²) in [6.07, 6.45) is 2.49. The van der Waals surface area contributed by atoms with Gasteiger partial charge in [0, 0.05) is 0 Å². The molecule has 5 nitrogen and oxygen atoms in total. The zero-order chi connectivity index (χ0) is 12.4. The third kappa shape index (κ3) is 7.39. The molecule has 0 aliphatic rings. The van der Waals surface area contributed by atoms with Gasteiger partial charge in [-0.1, -0.05) is 39.3 Å². The second-order valence-electron chi connectivity index (χ2n) is 3.28. The molecule has 0 spiro atoms. The van der Waals surface area contributed by atoms with E-state index in [1.165, 1.54) is 0 Å². The summed E-state index contributed by atoms with van der Waals surface area (Å²) in [6.45, 7) is 4.60. The largest absolute Gasteiger partial charge is 0.533 e. The molecule has 0 aromatic carbocycles. The summed E-state index contributed by atoms with van der Waals surface area (Å²) >= 11 is 3.60. The Hall–Kier alpha value is -0.910. The van der Waals surface area contributed by atoms with Gasteiger partial charge in [-0.15, -0.1) is 0 Å². The molecular weight excluding hydrogens is 230 g/mol. The normalized spacial score (nSPS) is 9.69. The van der Waals surface area contributed by atoms with Crippen molar-refractivity contribution in [2.45, 2.75) is 39.5 Å². The standard InChI is InChI=1S/C10H19NO4S/c1-3-5-7-11(9(12)16)15-10(13)14-8-6-4-2/h3-8H2,1-2H3,(H,12,16). The van der Waals surface area contributed by atoms with Crippen molar-refractivity contribution in [2.24, 2.45) is 0 Å². The Morgan fingerprint density at radius 2 is 1.81 bits per heavy atom. The summed E-state index contributed by atoms with van der Waals surface area (Å²) in [5.74, 6) is 0. The molecule has 0 bridgehead atoms. The van der Waals surface area contributed by atoms with Gasteiger partial charge in [0.2, 0.25) is 0 Å². The Morgan fingerprint density at radius 1 is 1.19 bits per heavy atom. The number of hydrogen-bond acceptors (Lipinski definition) is 4. The Labute approximate surface area is 101 Å². The SMILES string of the molecule is CCCCOC(=O)ON(CCCC)C(=O)S. The Bertz CT molecular complexity index is 223. The van der Waals surface area contributed by atoms with E-state index in [0.29, 0.717) is 13.2 Å². The van der Waals surface area contributed by atoms with Crippen LogP contribution in [0.15, 0.2) is 0 Å². The molecule has 0 aliphatic carbocycles. The predicted molar refractivity (Wildman–Crippen MR) is 63.3 cm³/mol. The van der Waals surface area contributed by atoms with Gasteiger partial charge in [0.1, 0.15) is 0 Å². The van der Waals surface area contributed by atoms with E-state index < -0.39 is 11.4 Å². The summed E-state index contributed by atoms with van der Waals surface area (Å²) < 4.78 is 4.75. The first-order valence-electron chi connectivity index (χ1n) is 5.47. The molecule has 6 heteroatoms. The number of carbonyl (C=O) groups is 2. The molecule has 0 aliphatic heterocycles. The highest BCUT2D eigenvalue weighted by Crippen LogP contribution is 2.03. The highest BCUT2D eigenvalue weighted by molar-refractivity contribution is 7.96. The first-order valence-corrected chi connectivity index (χ1v) is 5.91. The van der Waals surface area contributed by atoms with Crippen molar-refractivity contribution in [2.75, 3.05) is 13.2 Å². The van der Waals surface area contributed by atoms with Gasteiger partial charge in [-0.3, -0.25) is 4.79 Å². The van der Waals surface area contributed by atoms with Crippen molar-refractivity contribution in [1.82, 2.24) is 5.06 Å². The molecular formula is C10H19NO4S. The van der Waals surface area contributed by atoms with Crippen LogP contribution in [0.2, 0.25) is 0 Å². The van der Waals surface area contributed by atoms with Crippen LogP contribution in [-0.4, -0.2) is 29.6 Å². The van der Waals surface area contributed by atoms with Crippen LogP contribution in [0.1, 0.15) is 39.5 Å². The molecule has 0 saturated heterocycles. The van der Waals surface area contributed by atoms with Crippen LogP contribution < -0.4 is 0 Å². The monoisotopic (exact) mass is 249 g/mol. The third-order valence-corrected chi connectivity index (χ3v) is 2.05. The molecule has 0 aromatic rings. The van der Waals surface area contributed by atoms with E-state index in [0.717, 1.165) is 30.7 Å². The highest BCUT2D eigenvalue weighted by atomic mass is 32.1. The molecule has 94 valence electrons. The summed E-state index contributed by atoms with van der Waals surface area (Å²) in [5, 5.41) is 0.307. The fraction of sp³-hybridized carbons (Fsp3) is 0.800. The van der Waals surface area contributed by atoms with Gasteiger partial charge in [0.25, 0.3) is 0 Å². The van der Waals surface area contributed by atoms with Crippen molar-refractivity contribution < 1.29 is 19.2 Å². The lowest BCUT2D eigenvalue weighted by molar-refractivity contribution is -0.0851. The van der Waals surface area contributed by atoms with E-state index in [-0.39, 0.29) is 0 Å². The first kappa shape index (κ1) is 15.1. The van der Waals surface area contributed by atoms with Crippen molar-refractivity contribution in [3.05, 3.63) is 0 Å². The lowest BCUT2D eigenvalue weighted by Crippen LogP contribution is -2.31. The number of rotatable bonds is 6. The van der Waals surface area contributed by atoms with Gasteiger partial charge >= 0.3 is 11.4 Å². The molecule has 0 unspecified atom stereocenters. The maximum Gasteiger partial charge on any atom is 0.533 e. The zero-order valence-electron chi connectivity index (χ0n) is 9.77. The maximum absolute atomic E-state index is 11.1. The Balaban J connectivity index is 3.88. The Morgan fingerprint density at radius 3 is 2.31 bits per heavy atom. The lowest BCUT2D eigenvalue weighted by Gasteiger charge is -2.17. The summed E-state index contributed by atoms with van der Waals surface area (Å²) in [4.78, 5) is 26.8. The average Bonchev–Trinajstić information content (AvgIpc) is 2.24. The summed E-state index contributed by atoms with van der Waals surface area (Å²) in [5.41, 5.74) is 0. The van der Waals surface area contributed by atoms with Crippen molar-refractivity contribution >= 4 is 24.0 Å². The highest BCUT2D eigenvalue weighted by Gasteiger charge is 2.15. The quantitative estimate of drug-likeness (QED) is 0.340. The molecule has 0 rings (SSSR count).